The van der Waals surface area contributed by atoms with Crippen molar-refractivity contribution >= 4 is 17.0 Å². The van der Waals surface area contributed by atoms with Crippen LogP contribution in [0, 0.1) is 0 Å². The molecule has 0 saturated heterocycles. The maximum absolute atomic E-state index is 12.9. The fraction of sp³-hybridized carbons (Fsp3) is 0.261. The molecular formula is C23H20F3N5O. The van der Waals surface area contributed by atoms with Gasteiger partial charge in [-0.25, -0.2) is 15.0 Å². The van der Waals surface area contributed by atoms with E-state index in [1.807, 2.05) is 28.8 Å². The van der Waals surface area contributed by atoms with Crippen LogP contribution in [0.1, 0.15) is 24.0 Å². The fourth-order valence-corrected chi connectivity index (χ4v) is 3.45. The molecule has 1 aliphatic rings. The van der Waals surface area contributed by atoms with Gasteiger partial charge in [0.05, 0.1) is 25.5 Å². The smallest absolute Gasteiger partial charge is 0.416 e. The normalized spacial score (nSPS) is 14.0. The van der Waals surface area contributed by atoms with Crippen LogP contribution in [0.5, 0.6) is 5.75 Å². The number of benzene rings is 2. The maximum Gasteiger partial charge on any atom is 0.416 e. The zero-order valence-corrected chi connectivity index (χ0v) is 17.2. The van der Waals surface area contributed by atoms with Crippen LogP contribution in [0.3, 0.4) is 0 Å². The second-order valence-corrected chi connectivity index (χ2v) is 7.78. The molecule has 2 aromatic carbocycles. The standard InChI is InChI=1S/C23H20F3N5O/c1-32-18-10-4-15(5-11-18)20-29-21(28-17-8-9-17)19-22(30-20)31(13-27-19)12-14-2-6-16(7-3-14)23(24,25)26/h2-7,10-11,13,17H,8-9,12H2,1H3,(H,28,29,30). The largest absolute Gasteiger partial charge is 0.497 e. The van der Waals surface area contributed by atoms with Crippen LogP contribution >= 0.6 is 0 Å². The van der Waals surface area contributed by atoms with Gasteiger partial charge in [-0.05, 0) is 54.8 Å². The predicted octanol–water partition coefficient (Wildman–Crippen LogP) is 5.14. The van der Waals surface area contributed by atoms with Gasteiger partial charge < -0.3 is 14.6 Å². The monoisotopic (exact) mass is 439 g/mol. The number of fused-ring (bicyclic) bond motifs is 1. The Balaban J connectivity index is 1.53. The first kappa shape index (κ1) is 20.3. The van der Waals surface area contributed by atoms with Crippen LogP contribution in [0.15, 0.2) is 54.9 Å². The highest BCUT2D eigenvalue weighted by molar-refractivity contribution is 5.85. The van der Waals surface area contributed by atoms with E-state index in [1.165, 1.54) is 12.1 Å². The number of nitrogens with one attached hydrogen (secondary N) is 1. The van der Waals surface area contributed by atoms with Crippen LogP contribution in [0.25, 0.3) is 22.6 Å². The zero-order valence-electron chi connectivity index (χ0n) is 17.2. The molecular weight excluding hydrogens is 419 g/mol. The third-order valence-electron chi connectivity index (χ3n) is 5.36. The van der Waals surface area contributed by atoms with Crippen molar-refractivity contribution in [2.24, 2.45) is 0 Å². The van der Waals surface area contributed by atoms with Gasteiger partial charge in [0.25, 0.3) is 0 Å². The van der Waals surface area contributed by atoms with E-state index < -0.39 is 11.7 Å². The lowest BCUT2D eigenvalue weighted by atomic mass is 10.1. The molecule has 0 atom stereocenters. The van der Waals surface area contributed by atoms with E-state index in [2.05, 4.69) is 10.3 Å². The highest BCUT2D eigenvalue weighted by atomic mass is 19.4. The Morgan fingerprint density at radius 2 is 1.75 bits per heavy atom. The Hall–Kier alpha value is -3.62. The maximum atomic E-state index is 12.9. The second kappa shape index (κ2) is 7.81. The Bertz CT molecular complexity index is 1250. The molecule has 0 unspecified atom stereocenters. The lowest BCUT2D eigenvalue weighted by Crippen LogP contribution is -2.07. The molecule has 1 N–H and O–H groups in total. The van der Waals surface area contributed by atoms with Crippen molar-refractivity contribution in [2.75, 3.05) is 12.4 Å². The van der Waals surface area contributed by atoms with Gasteiger partial charge in [0.2, 0.25) is 0 Å². The van der Waals surface area contributed by atoms with Crippen molar-refractivity contribution in [2.45, 2.75) is 31.6 Å². The number of anilines is 1. The summed E-state index contributed by atoms with van der Waals surface area (Å²) in [4.78, 5) is 13.9. The number of hydrogen-bond donors (Lipinski definition) is 1. The van der Waals surface area contributed by atoms with Crippen LogP contribution in [-0.4, -0.2) is 32.7 Å². The molecule has 0 radical (unpaired) electrons. The molecule has 1 saturated carbocycles. The number of imidazole rings is 1. The molecule has 9 heteroatoms. The Kier molecular flexibility index (Phi) is 4.96. The van der Waals surface area contributed by atoms with E-state index in [9.17, 15) is 13.2 Å². The summed E-state index contributed by atoms with van der Waals surface area (Å²) < 4.78 is 45.6. The molecule has 164 valence electrons. The van der Waals surface area contributed by atoms with Gasteiger partial charge in [-0.3, -0.25) is 0 Å². The third kappa shape index (κ3) is 4.10. The Morgan fingerprint density at radius 1 is 1.03 bits per heavy atom. The molecule has 6 nitrogen and oxygen atoms in total. The van der Waals surface area contributed by atoms with Crippen molar-refractivity contribution in [3.8, 4) is 17.1 Å². The first-order valence-electron chi connectivity index (χ1n) is 10.2. The van der Waals surface area contributed by atoms with Gasteiger partial charge in [0.1, 0.15) is 11.3 Å². The Morgan fingerprint density at radius 3 is 2.38 bits per heavy atom. The van der Waals surface area contributed by atoms with Gasteiger partial charge in [-0.1, -0.05) is 12.1 Å². The van der Waals surface area contributed by atoms with Crippen molar-refractivity contribution < 1.29 is 17.9 Å². The highest BCUT2D eigenvalue weighted by Crippen LogP contribution is 2.31. The van der Waals surface area contributed by atoms with Crippen LogP contribution in [0.2, 0.25) is 0 Å². The summed E-state index contributed by atoms with van der Waals surface area (Å²) in [7, 11) is 1.61. The molecule has 32 heavy (non-hydrogen) atoms. The lowest BCUT2D eigenvalue weighted by Gasteiger charge is -2.10. The number of ether oxygens (including phenoxy) is 1. The topological polar surface area (TPSA) is 64.9 Å². The summed E-state index contributed by atoms with van der Waals surface area (Å²) in [5.41, 5.74) is 2.14. The van der Waals surface area contributed by atoms with Crippen molar-refractivity contribution in [1.29, 1.82) is 0 Å². The van der Waals surface area contributed by atoms with E-state index >= 15 is 0 Å². The van der Waals surface area contributed by atoms with Crippen molar-refractivity contribution in [1.82, 2.24) is 19.5 Å². The van der Waals surface area contributed by atoms with Crippen LogP contribution < -0.4 is 10.1 Å². The number of hydrogen-bond acceptors (Lipinski definition) is 5. The second-order valence-electron chi connectivity index (χ2n) is 7.78. The van der Waals surface area contributed by atoms with Gasteiger partial charge in [0.15, 0.2) is 17.3 Å². The average molecular weight is 439 g/mol. The first-order valence-corrected chi connectivity index (χ1v) is 10.2. The Labute approximate surface area is 182 Å². The zero-order chi connectivity index (χ0) is 22.3. The summed E-state index contributed by atoms with van der Waals surface area (Å²) >= 11 is 0. The fourth-order valence-electron chi connectivity index (χ4n) is 3.45. The molecule has 4 aromatic rings. The summed E-state index contributed by atoms with van der Waals surface area (Å²) in [5, 5.41) is 3.42. The van der Waals surface area contributed by atoms with E-state index in [-0.39, 0.29) is 0 Å². The molecule has 1 fully saturated rings. The number of methoxy groups -OCH3 is 1. The van der Waals surface area contributed by atoms with Crippen molar-refractivity contribution in [3.05, 3.63) is 66.0 Å². The molecule has 1 aliphatic carbocycles. The molecule has 0 spiro atoms. The molecule has 0 bridgehead atoms. The number of nitrogens with zero attached hydrogens (tertiary/aromatic N) is 4. The minimum Gasteiger partial charge on any atom is -0.497 e. The van der Waals surface area contributed by atoms with E-state index in [1.54, 1.807) is 13.4 Å². The lowest BCUT2D eigenvalue weighted by molar-refractivity contribution is -0.137. The number of rotatable bonds is 6. The molecule has 0 aliphatic heterocycles. The summed E-state index contributed by atoms with van der Waals surface area (Å²) in [6, 6.07) is 13.0. The van der Waals surface area contributed by atoms with E-state index in [4.69, 9.17) is 14.7 Å². The average Bonchev–Trinajstić information content (AvgIpc) is 3.52. The quantitative estimate of drug-likeness (QED) is 0.451. The number of alkyl halides is 3. The summed E-state index contributed by atoms with van der Waals surface area (Å²) in [5.74, 6) is 1.94. The highest BCUT2D eigenvalue weighted by Gasteiger charge is 2.30. The number of halogens is 3. The van der Waals surface area contributed by atoms with Crippen LogP contribution in [0.4, 0.5) is 19.0 Å². The number of aromatic nitrogens is 4. The minimum absolute atomic E-state index is 0.344. The summed E-state index contributed by atoms with van der Waals surface area (Å²) in [6.45, 7) is 0.344. The molecule has 5 rings (SSSR count). The first-order chi connectivity index (χ1) is 15.4. The molecule has 0 amide bonds. The van der Waals surface area contributed by atoms with E-state index in [0.717, 1.165) is 41.9 Å². The van der Waals surface area contributed by atoms with Gasteiger partial charge >= 0.3 is 6.18 Å². The summed E-state index contributed by atoms with van der Waals surface area (Å²) in [6.07, 6.45) is -0.553. The minimum atomic E-state index is -4.36. The van der Waals surface area contributed by atoms with Gasteiger partial charge in [0, 0.05) is 11.6 Å². The molecule has 2 aromatic heterocycles. The SMILES string of the molecule is COc1ccc(-c2nc(NC3CC3)c3ncn(Cc4ccc(C(F)(F)F)cc4)c3n2)cc1. The predicted molar refractivity (Wildman–Crippen MR) is 115 cm³/mol. The molecule has 2 heterocycles. The van der Waals surface area contributed by atoms with Crippen LogP contribution in [-0.2, 0) is 12.7 Å². The van der Waals surface area contributed by atoms with Gasteiger partial charge in [-0.2, -0.15) is 13.2 Å². The third-order valence-corrected chi connectivity index (χ3v) is 5.36. The van der Waals surface area contributed by atoms with Crippen molar-refractivity contribution in [3.63, 3.8) is 0 Å². The van der Waals surface area contributed by atoms with Gasteiger partial charge in [-0.15, -0.1) is 0 Å². The van der Waals surface area contributed by atoms with E-state index in [0.29, 0.717) is 35.4 Å².